The van der Waals surface area contributed by atoms with Gasteiger partial charge >= 0.3 is 0 Å². The van der Waals surface area contributed by atoms with Crippen molar-refractivity contribution >= 4 is 62.3 Å². The van der Waals surface area contributed by atoms with Crippen LogP contribution in [-0.4, -0.2) is 43.8 Å². The lowest BCUT2D eigenvalue weighted by Gasteiger charge is -2.34. The summed E-state index contributed by atoms with van der Waals surface area (Å²) in [6.45, 7) is -0.713. The van der Waals surface area contributed by atoms with Gasteiger partial charge in [0.2, 0.25) is 11.8 Å². The maximum absolute atomic E-state index is 14.6. The fourth-order valence-electron chi connectivity index (χ4n) is 5.63. The Morgan fingerprint density at radius 2 is 1.37 bits per heavy atom. The molecule has 0 saturated heterocycles. The van der Waals surface area contributed by atoms with E-state index in [4.69, 9.17) is 34.8 Å². The van der Waals surface area contributed by atoms with Gasteiger partial charge in [-0.25, -0.2) is 8.42 Å². The Bertz CT molecular complexity index is 1730. The van der Waals surface area contributed by atoms with Crippen LogP contribution in [0.5, 0.6) is 0 Å². The van der Waals surface area contributed by atoms with Crippen LogP contribution < -0.4 is 9.62 Å². The predicted molar refractivity (Wildman–Crippen MR) is 184 cm³/mol. The van der Waals surface area contributed by atoms with E-state index >= 15 is 0 Å². The molecule has 1 N–H and O–H groups in total. The number of hydrogen-bond donors (Lipinski definition) is 1. The zero-order valence-corrected chi connectivity index (χ0v) is 28.1. The summed E-state index contributed by atoms with van der Waals surface area (Å²) in [4.78, 5) is 30.1. The molecule has 0 unspecified atom stereocenters. The van der Waals surface area contributed by atoms with Crippen LogP contribution in [0.2, 0.25) is 15.1 Å². The Balaban J connectivity index is 1.58. The van der Waals surface area contributed by atoms with Crippen molar-refractivity contribution in [3.63, 3.8) is 0 Å². The number of anilines is 1. The van der Waals surface area contributed by atoms with Gasteiger partial charge in [0.05, 0.1) is 10.6 Å². The third kappa shape index (κ3) is 8.23. The van der Waals surface area contributed by atoms with Gasteiger partial charge in [-0.1, -0.05) is 102 Å². The van der Waals surface area contributed by atoms with Gasteiger partial charge in [-0.3, -0.25) is 13.9 Å². The Morgan fingerprint density at radius 3 is 1.98 bits per heavy atom. The molecule has 1 saturated carbocycles. The third-order valence-electron chi connectivity index (χ3n) is 8.09. The smallest absolute Gasteiger partial charge is 0.264 e. The number of sulfonamides is 1. The third-order valence-corrected chi connectivity index (χ3v) is 10.8. The average Bonchev–Trinajstić information content (AvgIpc) is 3.57. The number of rotatable bonds is 12. The normalized spacial score (nSPS) is 14.1. The number of hydrogen-bond acceptors (Lipinski definition) is 4. The molecule has 0 aromatic heterocycles. The highest BCUT2D eigenvalue weighted by atomic mass is 35.5. The molecule has 0 radical (unpaired) electrons. The van der Waals surface area contributed by atoms with Crippen LogP contribution in [0.15, 0.2) is 108 Å². The number of carbonyl (C=O) groups is 2. The Labute approximate surface area is 285 Å². The lowest BCUT2D eigenvalue weighted by molar-refractivity contribution is -0.140. The highest BCUT2D eigenvalue weighted by Gasteiger charge is 2.36. The summed E-state index contributed by atoms with van der Waals surface area (Å²) >= 11 is 19.3. The average molecular weight is 699 g/mol. The highest BCUT2D eigenvalue weighted by Crippen LogP contribution is 2.30. The summed E-state index contributed by atoms with van der Waals surface area (Å²) in [6, 6.07) is 27.5. The lowest BCUT2D eigenvalue weighted by atomic mass is 10.0. The van der Waals surface area contributed by atoms with E-state index in [9.17, 15) is 18.0 Å². The van der Waals surface area contributed by atoms with E-state index in [1.807, 2.05) is 30.3 Å². The van der Waals surface area contributed by atoms with E-state index in [2.05, 4.69) is 5.32 Å². The molecule has 2 amide bonds. The second kappa shape index (κ2) is 15.4. The van der Waals surface area contributed by atoms with E-state index in [0.717, 1.165) is 35.6 Å². The van der Waals surface area contributed by atoms with Crippen LogP contribution in [0.4, 0.5) is 5.69 Å². The molecule has 4 aromatic rings. The number of carbonyl (C=O) groups excluding carboxylic acids is 2. The van der Waals surface area contributed by atoms with E-state index in [0.29, 0.717) is 20.6 Å². The van der Waals surface area contributed by atoms with Crippen molar-refractivity contribution in [3.8, 4) is 0 Å². The fraction of sp³-hybridized carbons (Fsp3) is 0.257. The van der Waals surface area contributed by atoms with Crippen molar-refractivity contribution in [3.05, 3.63) is 129 Å². The van der Waals surface area contributed by atoms with Gasteiger partial charge in [0, 0.05) is 39.6 Å². The summed E-state index contributed by atoms with van der Waals surface area (Å²) in [5.74, 6) is -0.927. The first-order valence-corrected chi connectivity index (χ1v) is 17.6. The first-order valence-electron chi connectivity index (χ1n) is 15.0. The maximum atomic E-state index is 14.6. The summed E-state index contributed by atoms with van der Waals surface area (Å²) < 4.78 is 29.2. The molecule has 4 aromatic carbocycles. The molecule has 0 spiro atoms. The minimum Gasteiger partial charge on any atom is -0.352 e. The number of nitrogens with one attached hydrogen (secondary N) is 1. The molecular formula is C35H34Cl3N3O4S. The summed E-state index contributed by atoms with van der Waals surface area (Å²) in [6.07, 6.45) is 3.93. The highest BCUT2D eigenvalue weighted by molar-refractivity contribution is 7.92. The van der Waals surface area contributed by atoms with Crippen LogP contribution in [-0.2, 0) is 32.6 Å². The van der Waals surface area contributed by atoms with Crippen molar-refractivity contribution in [2.24, 2.45) is 0 Å². The van der Waals surface area contributed by atoms with Crippen LogP contribution >= 0.6 is 34.8 Å². The summed E-state index contributed by atoms with van der Waals surface area (Å²) in [5, 5.41) is 4.21. The minimum absolute atomic E-state index is 0.00403. The van der Waals surface area contributed by atoms with E-state index in [1.165, 1.54) is 17.0 Å². The van der Waals surface area contributed by atoms with Gasteiger partial charge < -0.3 is 10.2 Å². The molecule has 0 heterocycles. The molecule has 1 aliphatic carbocycles. The minimum atomic E-state index is -4.22. The zero-order valence-electron chi connectivity index (χ0n) is 25.0. The topological polar surface area (TPSA) is 86.8 Å². The molecule has 11 heteroatoms. The Hall–Kier alpha value is -3.56. The van der Waals surface area contributed by atoms with Crippen molar-refractivity contribution in [2.75, 3.05) is 10.8 Å². The summed E-state index contributed by atoms with van der Waals surface area (Å²) in [7, 11) is -4.22. The standard InChI is InChI=1S/C35H34Cl3N3O4S/c36-26-18-20-28(21-19-26)41(46(44,45)29-14-5-2-6-15-29)24-34(42)40(23-30-31(37)16-9-17-32(30)38)33(22-25-10-3-1-4-11-25)35(43)39-27-12-7-8-13-27/h1-6,9-11,14-21,27,33H,7-8,12-13,22-24H2,(H,39,43)/t33-/m1/s1. The van der Waals surface area contributed by atoms with E-state index < -0.39 is 28.5 Å². The largest absolute Gasteiger partial charge is 0.352 e. The monoisotopic (exact) mass is 697 g/mol. The number of halogens is 3. The molecule has 1 atom stereocenters. The van der Waals surface area contributed by atoms with E-state index in [1.54, 1.807) is 60.7 Å². The lowest BCUT2D eigenvalue weighted by Crippen LogP contribution is -2.54. The molecule has 1 aliphatic rings. The predicted octanol–water partition coefficient (Wildman–Crippen LogP) is 7.54. The van der Waals surface area contributed by atoms with Crippen LogP contribution in [0.25, 0.3) is 0 Å². The van der Waals surface area contributed by atoms with Crippen molar-refractivity contribution < 1.29 is 18.0 Å². The quantitative estimate of drug-likeness (QED) is 0.166. The Kier molecular flexibility index (Phi) is 11.3. The number of benzene rings is 4. The molecule has 1 fully saturated rings. The van der Waals surface area contributed by atoms with Crippen molar-refractivity contribution in [2.45, 2.75) is 55.6 Å². The molecule has 5 rings (SSSR count). The van der Waals surface area contributed by atoms with Crippen LogP contribution in [0, 0.1) is 0 Å². The second-order valence-corrected chi connectivity index (χ2v) is 14.3. The van der Waals surface area contributed by atoms with Crippen LogP contribution in [0.3, 0.4) is 0 Å². The van der Waals surface area contributed by atoms with Gasteiger partial charge in [0.1, 0.15) is 12.6 Å². The summed E-state index contributed by atoms with van der Waals surface area (Å²) in [5.41, 5.74) is 1.53. The maximum Gasteiger partial charge on any atom is 0.264 e. The van der Waals surface area contributed by atoms with Gasteiger partial charge in [0.25, 0.3) is 10.0 Å². The van der Waals surface area contributed by atoms with Gasteiger partial charge in [-0.05, 0) is 66.9 Å². The molecule has 7 nitrogen and oxygen atoms in total. The molecule has 0 bridgehead atoms. The zero-order chi connectivity index (χ0) is 32.7. The van der Waals surface area contributed by atoms with E-state index in [-0.39, 0.29) is 35.5 Å². The van der Waals surface area contributed by atoms with Crippen LogP contribution in [0.1, 0.15) is 36.8 Å². The Morgan fingerprint density at radius 1 is 0.783 bits per heavy atom. The number of amides is 2. The SMILES string of the molecule is O=C(NC1CCCC1)[C@@H](Cc1ccccc1)N(Cc1c(Cl)cccc1Cl)C(=O)CN(c1ccc(Cl)cc1)S(=O)(=O)c1ccccc1. The fourth-order valence-corrected chi connectivity index (χ4v) is 7.71. The number of nitrogens with zero attached hydrogens (tertiary/aromatic N) is 2. The molecular weight excluding hydrogens is 665 g/mol. The van der Waals surface area contributed by atoms with Crippen molar-refractivity contribution in [1.82, 2.24) is 10.2 Å². The van der Waals surface area contributed by atoms with Crippen molar-refractivity contribution in [1.29, 1.82) is 0 Å². The van der Waals surface area contributed by atoms with Gasteiger partial charge in [-0.2, -0.15) is 0 Å². The first kappa shape index (κ1) is 33.8. The molecule has 240 valence electrons. The molecule has 46 heavy (non-hydrogen) atoms. The second-order valence-electron chi connectivity index (χ2n) is 11.2. The van der Waals surface area contributed by atoms with Gasteiger partial charge in [-0.15, -0.1) is 0 Å². The first-order chi connectivity index (χ1) is 22.1. The van der Waals surface area contributed by atoms with Gasteiger partial charge in [0.15, 0.2) is 0 Å². The molecule has 0 aliphatic heterocycles.